The number of hydrogen-bond donors (Lipinski definition) is 2. The minimum absolute atomic E-state index is 0.00392. The second kappa shape index (κ2) is 4.86. The van der Waals surface area contributed by atoms with Crippen LogP contribution in [-0.4, -0.2) is 39.9 Å². The van der Waals surface area contributed by atoms with Gasteiger partial charge in [-0.15, -0.1) is 0 Å². The van der Waals surface area contributed by atoms with Gasteiger partial charge < -0.3 is 15.1 Å². The first-order chi connectivity index (χ1) is 8.49. The van der Waals surface area contributed by atoms with E-state index in [9.17, 15) is 19.8 Å². The molecule has 18 heavy (non-hydrogen) atoms. The van der Waals surface area contributed by atoms with Crippen molar-refractivity contribution in [2.24, 2.45) is 0 Å². The van der Waals surface area contributed by atoms with Gasteiger partial charge in [0.1, 0.15) is 17.3 Å². The summed E-state index contributed by atoms with van der Waals surface area (Å²) in [7, 11) is 0. The number of hydrogen-bond acceptors (Lipinski definition) is 4. The van der Waals surface area contributed by atoms with Gasteiger partial charge in [0.2, 0.25) is 0 Å². The number of nitrogens with zero attached hydrogens (tertiary/aromatic N) is 1. The third-order valence-electron chi connectivity index (χ3n) is 2.90. The highest BCUT2D eigenvalue weighted by Gasteiger charge is 2.24. The molecule has 0 aromatic heterocycles. The molecule has 2 N–H and O–H groups in total. The first kappa shape index (κ1) is 12.7. The molecule has 1 aromatic carbocycles. The van der Waals surface area contributed by atoms with Gasteiger partial charge in [-0.3, -0.25) is 9.59 Å². The molecule has 96 valence electrons. The third-order valence-corrected chi connectivity index (χ3v) is 3.21. The summed E-state index contributed by atoms with van der Waals surface area (Å²) in [5.74, 6) is -0.854. The zero-order valence-corrected chi connectivity index (χ0v) is 10.3. The van der Waals surface area contributed by atoms with Crippen molar-refractivity contribution in [2.75, 3.05) is 13.1 Å². The van der Waals surface area contributed by atoms with Crippen LogP contribution in [0.5, 0.6) is 11.5 Å². The lowest BCUT2D eigenvalue weighted by atomic mass is 10.1. The van der Waals surface area contributed by atoms with Crippen LogP contribution in [0, 0.1) is 0 Å². The minimum atomic E-state index is -0.387. The summed E-state index contributed by atoms with van der Waals surface area (Å²) in [6, 6.07) is 2.26. The van der Waals surface area contributed by atoms with Gasteiger partial charge in [0.15, 0.2) is 0 Å². The number of phenols is 2. The van der Waals surface area contributed by atoms with Crippen molar-refractivity contribution in [2.45, 2.75) is 12.8 Å². The molecular formula is C12H12ClNO4. The maximum atomic E-state index is 12.1. The summed E-state index contributed by atoms with van der Waals surface area (Å²) in [4.78, 5) is 24.7. The Balaban J connectivity index is 2.23. The molecule has 1 aliphatic heterocycles. The zero-order chi connectivity index (χ0) is 13.3. The number of rotatable bonds is 1. The quantitative estimate of drug-likeness (QED) is 0.811. The second-order valence-corrected chi connectivity index (χ2v) is 4.56. The molecule has 6 heteroatoms. The van der Waals surface area contributed by atoms with E-state index in [-0.39, 0.29) is 33.8 Å². The molecule has 0 saturated carbocycles. The minimum Gasteiger partial charge on any atom is -0.507 e. The van der Waals surface area contributed by atoms with Crippen LogP contribution in [-0.2, 0) is 4.79 Å². The Bertz CT molecular complexity index is 505. The Morgan fingerprint density at radius 1 is 1.17 bits per heavy atom. The van der Waals surface area contributed by atoms with E-state index in [1.807, 2.05) is 0 Å². The average molecular weight is 270 g/mol. The van der Waals surface area contributed by atoms with Crippen molar-refractivity contribution < 1.29 is 19.8 Å². The standard InChI is InChI=1S/C12H12ClNO4/c13-9-5-8(10(16)6-11(9)17)12(18)14-3-1-7(15)2-4-14/h5-6,16-17H,1-4H2. The van der Waals surface area contributed by atoms with Gasteiger partial charge in [0.05, 0.1) is 10.6 Å². The topological polar surface area (TPSA) is 77.8 Å². The van der Waals surface area contributed by atoms with Crippen LogP contribution < -0.4 is 0 Å². The summed E-state index contributed by atoms with van der Waals surface area (Å²) >= 11 is 5.71. The van der Waals surface area contributed by atoms with Gasteiger partial charge in [0, 0.05) is 32.0 Å². The summed E-state index contributed by atoms with van der Waals surface area (Å²) < 4.78 is 0. The number of benzene rings is 1. The smallest absolute Gasteiger partial charge is 0.257 e. The molecule has 0 unspecified atom stereocenters. The lowest BCUT2D eigenvalue weighted by Crippen LogP contribution is -2.38. The largest absolute Gasteiger partial charge is 0.507 e. The lowest BCUT2D eigenvalue weighted by Gasteiger charge is -2.26. The van der Waals surface area contributed by atoms with Crippen LogP contribution in [0.25, 0.3) is 0 Å². The Hall–Kier alpha value is -1.75. The van der Waals surface area contributed by atoms with Crippen molar-refractivity contribution >= 4 is 23.3 Å². The Morgan fingerprint density at radius 3 is 2.39 bits per heavy atom. The molecule has 0 spiro atoms. The van der Waals surface area contributed by atoms with Gasteiger partial charge >= 0.3 is 0 Å². The molecule has 1 saturated heterocycles. The molecule has 1 aromatic rings. The molecule has 1 heterocycles. The summed E-state index contributed by atoms with van der Waals surface area (Å²) in [6.45, 7) is 0.686. The van der Waals surface area contributed by atoms with E-state index in [2.05, 4.69) is 0 Å². The van der Waals surface area contributed by atoms with Crippen LogP contribution in [0.3, 0.4) is 0 Å². The van der Waals surface area contributed by atoms with Gasteiger partial charge in [-0.2, -0.15) is 0 Å². The maximum absolute atomic E-state index is 12.1. The van der Waals surface area contributed by atoms with E-state index in [0.29, 0.717) is 25.9 Å². The molecule has 0 aliphatic carbocycles. The Morgan fingerprint density at radius 2 is 1.78 bits per heavy atom. The zero-order valence-electron chi connectivity index (χ0n) is 9.52. The van der Waals surface area contributed by atoms with E-state index in [1.165, 1.54) is 11.0 Å². The second-order valence-electron chi connectivity index (χ2n) is 4.15. The molecule has 1 aliphatic rings. The molecular weight excluding hydrogens is 258 g/mol. The first-order valence-electron chi connectivity index (χ1n) is 5.51. The van der Waals surface area contributed by atoms with E-state index in [1.54, 1.807) is 0 Å². The van der Waals surface area contributed by atoms with Crippen LogP contribution >= 0.6 is 11.6 Å². The highest BCUT2D eigenvalue weighted by molar-refractivity contribution is 6.32. The number of piperidine rings is 1. The highest BCUT2D eigenvalue weighted by Crippen LogP contribution is 2.31. The molecule has 5 nitrogen and oxygen atoms in total. The van der Waals surface area contributed by atoms with E-state index in [4.69, 9.17) is 11.6 Å². The van der Waals surface area contributed by atoms with Gasteiger partial charge in [-0.1, -0.05) is 11.6 Å². The Labute approximate surface area is 109 Å². The number of ketones is 1. The summed E-state index contributed by atoms with van der Waals surface area (Å²) in [5, 5.41) is 18.9. The average Bonchev–Trinajstić information content (AvgIpc) is 2.34. The van der Waals surface area contributed by atoms with E-state index < -0.39 is 0 Å². The number of likely N-dealkylation sites (tertiary alicyclic amines) is 1. The highest BCUT2D eigenvalue weighted by atomic mass is 35.5. The van der Waals surface area contributed by atoms with Crippen molar-refractivity contribution in [1.82, 2.24) is 4.90 Å². The van der Waals surface area contributed by atoms with Crippen LogP contribution in [0.1, 0.15) is 23.2 Å². The fraction of sp³-hybridized carbons (Fsp3) is 0.333. The molecule has 1 fully saturated rings. The van der Waals surface area contributed by atoms with Crippen LogP contribution in [0.4, 0.5) is 0 Å². The van der Waals surface area contributed by atoms with Crippen molar-refractivity contribution in [3.05, 3.63) is 22.7 Å². The molecule has 0 bridgehead atoms. The summed E-state index contributed by atoms with van der Waals surface area (Å²) in [5.41, 5.74) is 0.0344. The van der Waals surface area contributed by atoms with E-state index >= 15 is 0 Å². The molecule has 0 atom stereocenters. The number of carbonyl (C=O) groups is 2. The number of amides is 1. The maximum Gasteiger partial charge on any atom is 0.257 e. The predicted octanol–water partition coefficient (Wildman–Crippen LogP) is 1.56. The van der Waals surface area contributed by atoms with Crippen LogP contribution in [0.15, 0.2) is 12.1 Å². The summed E-state index contributed by atoms with van der Waals surface area (Å²) in [6.07, 6.45) is 0.663. The van der Waals surface area contributed by atoms with E-state index in [0.717, 1.165) is 6.07 Å². The van der Waals surface area contributed by atoms with Gasteiger partial charge in [-0.05, 0) is 6.07 Å². The number of aromatic hydroxyl groups is 2. The monoisotopic (exact) mass is 269 g/mol. The number of phenolic OH excluding ortho intramolecular Hbond substituents is 2. The number of carbonyl (C=O) groups excluding carboxylic acids is 2. The fourth-order valence-corrected chi connectivity index (χ4v) is 2.02. The SMILES string of the molecule is O=C1CCN(C(=O)c2cc(Cl)c(O)cc2O)CC1. The number of halogens is 1. The van der Waals surface area contributed by atoms with Gasteiger partial charge in [-0.25, -0.2) is 0 Å². The normalized spacial score (nSPS) is 15.8. The first-order valence-corrected chi connectivity index (χ1v) is 5.89. The Kier molecular flexibility index (Phi) is 3.43. The predicted molar refractivity (Wildman–Crippen MR) is 64.9 cm³/mol. The fourth-order valence-electron chi connectivity index (χ4n) is 1.85. The third kappa shape index (κ3) is 2.41. The molecule has 1 amide bonds. The van der Waals surface area contributed by atoms with Gasteiger partial charge in [0.25, 0.3) is 5.91 Å². The van der Waals surface area contributed by atoms with Crippen molar-refractivity contribution in [1.29, 1.82) is 0 Å². The molecule has 2 rings (SSSR count). The lowest BCUT2D eigenvalue weighted by molar-refractivity contribution is -0.120. The van der Waals surface area contributed by atoms with Crippen LogP contribution in [0.2, 0.25) is 5.02 Å². The van der Waals surface area contributed by atoms with Crippen molar-refractivity contribution in [3.63, 3.8) is 0 Å². The number of Topliss-reactive ketones (excluding diaryl/α,β-unsaturated/α-hetero) is 1. The van der Waals surface area contributed by atoms with Crippen molar-refractivity contribution in [3.8, 4) is 11.5 Å². The molecule has 0 radical (unpaired) electrons.